The molecule has 3 nitrogen and oxygen atoms in total. The number of ether oxygens (including phenoxy) is 2. The van der Waals surface area contributed by atoms with Crippen LogP contribution in [-0.4, -0.2) is 17.9 Å². The van der Waals surface area contributed by atoms with Gasteiger partial charge in [0.1, 0.15) is 6.10 Å². The molecule has 1 aliphatic heterocycles. The highest BCUT2D eigenvalue weighted by molar-refractivity contribution is 5.82. The molecule has 1 aliphatic rings. The van der Waals surface area contributed by atoms with Crippen molar-refractivity contribution in [3.63, 3.8) is 0 Å². The Kier molecular flexibility index (Phi) is 3.69. The predicted molar refractivity (Wildman–Crippen MR) is 53.7 cm³/mol. The maximum atomic E-state index is 11.2. The zero-order chi connectivity index (χ0) is 10.6. The fraction of sp³-hybridized carbons (Fsp3) is 0.727. The van der Waals surface area contributed by atoms with Gasteiger partial charge >= 0.3 is 5.97 Å². The topological polar surface area (TPSA) is 38.8 Å². The number of hydrogen-bond acceptors (Lipinski definition) is 3. The third kappa shape index (κ3) is 2.35. The fourth-order valence-corrected chi connectivity index (χ4v) is 1.56. The summed E-state index contributed by atoms with van der Waals surface area (Å²) in [7, 11) is 0. The molecule has 0 bridgehead atoms. The van der Waals surface area contributed by atoms with E-state index < -0.39 is 5.79 Å². The summed E-state index contributed by atoms with van der Waals surface area (Å²) in [6.45, 7) is 5.85. The minimum Gasteiger partial charge on any atom is -0.427 e. The molecular weight excluding hydrogens is 180 g/mol. The Balaban J connectivity index is 2.45. The molecule has 0 aromatic heterocycles. The van der Waals surface area contributed by atoms with Gasteiger partial charge in [0.05, 0.1) is 0 Å². The maximum absolute atomic E-state index is 11.2. The van der Waals surface area contributed by atoms with Crippen LogP contribution in [0.5, 0.6) is 0 Å². The van der Waals surface area contributed by atoms with Gasteiger partial charge in [0.2, 0.25) is 5.79 Å². The molecule has 1 rings (SSSR count). The van der Waals surface area contributed by atoms with Crippen LogP contribution in [0.25, 0.3) is 0 Å². The van der Waals surface area contributed by atoms with E-state index in [1.807, 2.05) is 6.92 Å². The fourth-order valence-electron chi connectivity index (χ4n) is 1.56. The number of esters is 1. The van der Waals surface area contributed by atoms with E-state index in [1.54, 1.807) is 13.0 Å². The van der Waals surface area contributed by atoms with Crippen molar-refractivity contribution in [3.8, 4) is 0 Å². The molecule has 0 saturated carbocycles. The second-order valence-electron chi connectivity index (χ2n) is 3.48. The zero-order valence-corrected chi connectivity index (χ0v) is 9.08. The number of epoxide rings is 1. The van der Waals surface area contributed by atoms with Crippen LogP contribution in [0.2, 0.25) is 0 Å². The van der Waals surface area contributed by atoms with Gasteiger partial charge in [-0.1, -0.05) is 26.3 Å². The van der Waals surface area contributed by atoms with Gasteiger partial charge in [0, 0.05) is 12.5 Å². The van der Waals surface area contributed by atoms with Crippen LogP contribution < -0.4 is 0 Å². The van der Waals surface area contributed by atoms with E-state index in [0.29, 0.717) is 0 Å². The highest BCUT2D eigenvalue weighted by Crippen LogP contribution is 2.43. The van der Waals surface area contributed by atoms with Crippen molar-refractivity contribution in [3.05, 3.63) is 12.2 Å². The van der Waals surface area contributed by atoms with E-state index in [2.05, 4.69) is 6.92 Å². The first kappa shape index (κ1) is 11.2. The lowest BCUT2D eigenvalue weighted by molar-refractivity contribution is -0.152. The van der Waals surface area contributed by atoms with Gasteiger partial charge in [-0.25, -0.2) is 4.79 Å². The molecule has 1 saturated heterocycles. The second-order valence-corrected chi connectivity index (χ2v) is 3.48. The van der Waals surface area contributed by atoms with E-state index >= 15 is 0 Å². The van der Waals surface area contributed by atoms with Crippen LogP contribution in [0.15, 0.2) is 12.2 Å². The normalized spacial score (nSPS) is 30.6. The molecule has 3 heteroatoms. The van der Waals surface area contributed by atoms with Gasteiger partial charge in [-0.2, -0.15) is 0 Å². The van der Waals surface area contributed by atoms with Crippen LogP contribution >= 0.6 is 0 Å². The lowest BCUT2D eigenvalue weighted by Gasteiger charge is -2.10. The minimum absolute atomic E-state index is 0.103. The predicted octanol–water partition coefficient (Wildman–Crippen LogP) is 2.41. The molecule has 0 radical (unpaired) electrons. The maximum Gasteiger partial charge on any atom is 0.333 e. The van der Waals surface area contributed by atoms with Crippen LogP contribution in [-0.2, 0) is 14.3 Å². The molecule has 1 fully saturated rings. The van der Waals surface area contributed by atoms with E-state index in [9.17, 15) is 4.79 Å². The lowest BCUT2D eigenvalue weighted by Crippen LogP contribution is -2.22. The summed E-state index contributed by atoms with van der Waals surface area (Å²) in [6.07, 6.45) is 5.92. The molecule has 0 N–H and O–H groups in total. The summed E-state index contributed by atoms with van der Waals surface area (Å²) >= 11 is 0. The Morgan fingerprint density at radius 2 is 2.29 bits per heavy atom. The Labute approximate surface area is 85.1 Å². The van der Waals surface area contributed by atoms with E-state index in [0.717, 1.165) is 19.3 Å². The molecule has 0 aromatic carbocycles. The van der Waals surface area contributed by atoms with Gasteiger partial charge in [0.15, 0.2) is 0 Å². The first-order valence-electron chi connectivity index (χ1n) is 5.22. The van der Waals surface area contributed by atoms with E-state index in [4.69, 9.17) is 9.47 Å². The van der Waals surface area contributed by atoms with Crippen molar-refractivity contribution >= 4 is 5.97 Å². The van der Waals surface area contributed by atoms with Crippen molar-refractivity contribution in [1.82, 2.24) is 0 Å². The molecule has 1 heterocycles. The number of hydrogen-bond donors (Lipinski definition) is 0. The number of rotatable bonds is 5. The first-order chi connectivity index (χ1) is 6.68. The van der Waals surface area contributed by atoms with Crippen molar-refractivity contribution in [2.45, 2.75) is 51.9 Å². The van der Waals surface area contributed by atoms with E-state index in [1.165, 1.54) is 6.08 Å². The van der Waals surface area contributed by atoms with Crippen molar-refractivity contribution < 1.29 is 14.3 Å². The summed E-state index contributed by atoms with van der Waals surface area (Å²) in [5, 5.41) is 0. The molecule has 2 unspecified atom stereocenters. The Bertz CT molecular complexity index is 235. The quantitative estimate of drug-likeness (QED) is 0.387. The van der Waals surface area contributed by atoms with Crippen LogP contribution in [0, 0.1) is 0 Å². The summed E-state index contributed by atoms with van der Waals surface area (Å²) in [4.78, 5) is 11.2. The third-order valence-electron chi connectivity index (χ3n) is 2.39. The molecule has 0 spiro atoms. The number of allylic oxidation sites excluding steroid dienone is 1. The molecule has 0 aliphatic carbocycles. The van der Waals surface area contributed by atoms with Gasteiger partial charge in [-0.3, -0.25) is 0 Å². The average Bonchev–Trinajstić information content (AvgIpc) is 2.80. The van der Waals surface area contributed by atoms with Gasteiger partial charge < -0.3 is 9.47 Å². The van der Waals surface area contributed by atoms with Crippen LogP contribution in [0.4, 0.5) is 0 Å². The van der Waals surface area contributed by atoms with E-state index in [-0.39, 0.29) is 12.1 Å². The standard InChI is InChI=1S/C11H18O3/c1-4-7-9-11(6-3,13-9)14-10(12)8-5-2/h5,8-9H,4,6-7H2,1-3H3. The number of carbonyl (C=O) groups is 1. The first-order valence-corrected chi connectivity index (χ1v) is 5.22. The monoisotopic (exact) mass is 198 g/mol. The van der Waals surface area contributed by atoms with Gasteiger partial charge in [-0.05, 0) is 13.3 Å². The van der Waals surface area contributed by atoms with Crippen molar-refractivity contribution in [1.29, 1.82) is 0 Å². The average molecular weight is 198 g/mol. The second kappa shape index (κ2) is 4.60. The van der Waals surface area contributed by atoms with Crippen molar-refractivity contribution in [2.75, 3.05) is 0 Å². The van der Waals surface area contributed by atoms with Gasteiger partial charge in [-0.15, -0.1) is 0 Å². The lowest BCUT2D eigenvalue weighted by atomic mass is 10.1. The molecule has 0 amide bonds. The molecular formula is C11H18O3. The highest BCUT2D eigenvalue weighted by atomic mass is 16.8. The molecule has 2 atom stereocenters. The smallest absolute Gasteiger partial charge is 0.333 e. The molecule has 0 aromatic rings. The highest BCUT2D eigenvalue weighted by Gasteiger charge is 2.58. The summed E-state index contributed by atoms with van der Waals surface area (Å²) < 4.78 is 10.7. The van der Waals surface area contributed by atoms with Crippen LogP contribution in [0.3, 0.4) is 0 Å². The summed E-state index contributed by atoms with van der Waals surface area (Å²) in [5.41, 5.74) is 0. The molecule has 80 valence electrons. The molecule has 14 heavy (non-hydrogen) atoms. The van der Waals surface area contributed by atoms with Crippen LogP contribution in [0.1, 0.15) is 40.0 Å². The van der Waals surface area contributed by atoms with Crippen molar-refractivity contribution in [2.24, 2.45) is 0 Å². The summed E-state index contributed by atoms with van der Waals surface area (Å²) in [5.74, 6) is -0.931. The van der Waals surface area contributed by atoms with Gasteiger partial charge in [0.25, 0.3) is 0 Å². The number of carbonyl (C=O) groups excluding carboxylic acids is 1. The zero-order valence-electron chi connectivity index (χ0n) is 9.08. The SMILES string of the molecule is CC=CC(=O)OC1(CC)OC1CCC. The minimum atomic E-state index is -0.618. The Hall–Kier alpha value is -0.830. The Morgan fingerprint density at radius 3 is 2.79 bits per heavy atom. The Morgan fingerprint density at radius 1 is 1.57 bits per heavy atom. The summed E-state index contributed by atoms with van der Waals surface area (Å²) in [6, 6.07) is 0. The largest absolute Gasteiger partial charge is 0.427 e. The third-order valence-corrected chi connectivity index (χ3v) is 2.39.